The van der Waals surface area contributed by atoms with Crippen molar-refractivity contribution in [3.05, 3.63) is 94.9 Å². The van der Waals surface area contributed by atoms with E-state index in [1.54, 1.807) is 6.08 Å². The third-order valence-electron chi connectivity index (χ3n) is 5.56. The number of aryl methyl sites for hydroxylation is 2. The summed E-state index contributed by atoms with van der Waals surface area (Å²) in [7, 11) is 0. The number of nitriles is 1. The summed E-state index contributed by atoms with van der Waals surface area (Å²) >= 11 is 0. The first-order chi connectivity index (χ1) is 15.1. The topological polar surface area (TPSA) is 73.6 Å². The monoisotopic (exact) mass is 408 g/mol. The van der Waals surface area contributed by atoms with Crippen molar-refractivity contribution in [2.75, 3.05) is 6.54 Å². The van der Waals surface area contributed by atoms with Gasteiger partial charge in [-0.15, -0.1) is 0 Å². The van der Waals surface area contributed by atoms with Crippen LogP contribution in [0.3, 0.4) is 0 Å². The number of fused-ring (bicyclic) bond motifs is 1. The molecule has 0 unspecified atom stereocenters. The SMILES string of the molecule is Cc1ccc(-n2cccc2/C=C(/C#N)C(=O)NCCc2c[nH]c3ccccc23)cc1C. The number of hydrogen-bond donors (Lipinski definition) is 2. The van der Waals surface area contributed by atoms with Crippen molar-refractivity contribution in [2.24, 2.45) is 0 Å². The van der Waals surface area contributed by atoms with Crippen molar-refractivity contribution < 1.29 is 4.79 Å². The maximum absolute atomic E-state index is 12.6. The molecule has 0 fully saturated rings. The molecule has 2 aromatic carbocycles. The fraction of sp³-hybridized carbons (Fsp3) is 0.154. The Morgan fingerprint density at radius 3 is 2.77 bits per heavy atom. The molecule has 5 nitrogen and oxygen atoms in total. The molecule has 4 aromatic rings. The van der Waals surface area contributed by atoms with E-state index >= 15 is 0 Å². The molecule has 5 heteroatoms. The van der Waals surface area contributed by atoms with Gasteiger partial charge in [-0.05, 0) is 73.4 Å². The Bertz CT molecular complexity index is 1320. The molecule has 0 bridgehead atoms. The molecule has 31 heavy (non-hydrogen) atoms. The lowest BCUT2D eigenvalue weighted by Crippen LogP contribution is -2.26. The molecule has 0 aliphatic heterocycles. The summed E-state index contributed by atoms with van der Waals surface area (Å²) in [6.45, 7) is 4.60. The van der Waals surface area contributed by atoms with Gasteiger partial charge in [-0.2, -0.15) is 5.26 Å². The maximum atomic E-state index is 12.6. The van der Waals surface area contributed by atoms with Gasteiger partial charge in [0, 0.05) is 41.2 Å². The molecule has 2 N–H and O–H groups in total. The zero-order valence-electron chi connectivity index (χ0n) is 17.6. The van der Waals surface area contributed by atoms with Gasteiger partial charge >= 0.3 is 0 Å². The molecule has 1 amide bonds. The lowest BCUT2D eigenvalue weighted by atomic mass is 10.1. The average Bonchev–Trinajstić information content (AvgIpc) is 3.41. The number of H-pyrrole nitrogens is 1. The van der Waals surface area contributed by atoms with Crippen molar-refractivity contribution in [1.29, 1.82) is 5.26 Å². The second-order valence-corrected chi connectivity index (χ2v) is 7.61. The second kappa shape index (κ2) is 8.76. The van der Waals surface area contributed by atoms with E-state index in [1.807, 2.05) is 59.4 Å². The van der Waals surface area contributed by atoms with Gasteiger partial charge in [-0.3, -0.25) is 4.79 Å². The molecular formula is C26H24N4O. The van der Waals surface area contributed by atoms with Gasteiger partial charge < -0.3 is 14.9 Å². The lowest BCUT2D eigenvalue weighted by Gasteiger charge is -2.10. The molecule has 0 radical (unpaired) electrons. The van der Waals surface area contributed by atoms with Crippen LogP contribution in [-0.2, 0) is 11.2 Å². The van der Waals surface area contributed by atoms with Gasteiger partial charge in [0.15, 0.2) is 0 Å². The van der Waals surface area contributed by atoms with Crippen molar-refractivity contribution in [1.82, 2.24) is 14.9 Å². The highest BCUT2D eigenvalue weighted by Gasteiger charge is 2.11. The highest BCUT2D eigenvalue weighted by Crippen LogP contribution is 2.19. The molecule has 0 aliphatic carbocycles. The minimum atomic E-state index is -0.366. The largest absolute Gasteiger partial charge is 0.361 e. The minimum absolute atomic E-state index is 0.0858. The number of benzene rings is 2. The van der Waals surface area contributed by atoms with E-state index in [0.29, 0.717) is 13.0 Å². The van der Waals surface area contributed by atoms with Crippen LogP contribution < -0.4 is 5.32 Å². The van der Waals surface area contributed by atoms with E-state index in [-0.39, 0.29) is 11.5 Å². The summed E-state index contributed by atoms with van der Waals surface area (Å²) in [6.07, 6.45) is 6.22. The first kappa shape index (κ1) is 20.2. The fourth-order valence-corrected chi connectivity index (χ4v) is 3.66. The predicted molar refractivity (Wildman–Crippen MR) is 124 cm³/mol. The molecule has 0 aliphatic rings. The van der Waals surface area contributed by atoms with Gasteiger partial charge in [0.2, 0.25) is 0 Å². The highest BCUT2D eigenvalue weighted by molar-refractivity contribution is 6.01. The van der Waals surface area contributed by atoms with Crippen LogP contribution in [0.1, 0.15) is 22.4 Å². The second-order valence-electron chi connectivity index (χ2n) is 7.61. The zero-order chi connectivity index (χ0) is 21.8. The third-order valence-corrected chi connectivity index (χ3v) is 5.56. The number of rotatable bonds is 6. The fourth-order valence-electron chi connectivity index (χ4n) is 3.66. The number of para-hydroxylation sites is 1. The smallest absolute Gasteiger partial charge is 0.262 e. The summed E-state index contributed by atoms with van der Waals surface area (Å²) < 4.78 is 1.98. The van der Waals surface area contributed by atoms with Crippen molar-refractivity contribution in [3.8, 4) is 11.8 Å². The molecular weight excluding hydrogens is 384 g/mol. The van der Waals surface area contributed by atoms with Crippen LogP contribution in [0.5, 0.6) is 0 Å². The molecule has 0 saturated heterocycles. The zero-order valence-corrected chi connectivity index (χ0v) is 17.6. The Balaban J connectivity index is 1.47. The quantitative estimate of drug-likeness (QED) is 0.354. The molecule has 4 rings (SSSR count). The number of hydrogen-bond acceptors (Lipinski definition) is 2. The van der Waals surface area contributed by atoms with Gasteiger partial charge in [-0.25, -0.2) is 0 Å². The molecule has 154 valence electrons. The minimum Gasteiger partial charge on any atom is -0.361 e. The average molecular weight is 409 g/mol. The van der Waals surface area contributed by atoms with Gasteiger partial charge in [0.25, 0.3) is 5.91 Å². The molecule has 0 spiro atoms. The standard InChI is InChI=1S/C26H24N4O/c1-18-9-10-23(14-19(18)2)30-13-5-6-22(30)15-21(16-27)26(31)28-12-11-20-17-29-25-8-4-3-7-24(20)25/h3-10,13-15,17,29H,11-12H2,1-2H3,(H,28,31)/b21-15-. The van der Waals surface area contributed by atoms with Crippen LogP contribution in [0.15, 0.2) is 72.6 Å². The van der Waals surface area contributed by atoms with Crippen molar-refractivity contribution >= 4 is 22.9 Å². The summed E-state index contributed by atoms with van der Waals surface area (Å²) in [5.74, 6) is -0.366. The summed E-state index contributed by atoms with van der Waals surface area (Å²) in [4.78, 5) is 15.9. The third kappa shape index (κ3) is 4.29. The van der Waals surface area contributed by atoms with Crippen molar-refractivity contribution in [2.45, 2.75) is 20.3 Å². The lowest BCUT2D eigenvalue weighted by molar-refractivity contribution is -0.117. The Hall–Kier alpha value is -4.04. The van der Waals surface area contributed by atoms with E-state index < -0.39 is 0 Å². The van der Waals surface area contributed by atoms with Crippen LogP contribution in [0.25, 0.3) is 22.7 Å². The highest BCUT2D eigenvalue weighted by atomic mass is 16.1. The number of amides is 1. The Morgan fingerprint density at radius 2 is 1.97 bits per heavy atom. The predicted octanol–water partition coefficient (Wildman–Crippen LogP) is 4.84. The Morgan fingerprint density at radius 1 is 1.13 bits per heavy atom. The van der Waals surface area contributed by atoms with Gasteiger partial charge in [-0.1, -0.05) is 24.3 Å². The number of nitrogens with zero attached hydrogens (tertiary/aromatic N) is 2. The van der Waals surface area contributed by atoms with E-state index in [1.165, 1.54) is 11.1 Å². The Labute approximate surface area is 181 Å². The molecule has 0 atom stereocenters. The van der Waals surface area contributed by atoms with Gasteiger partial charge in [0.1, 0.15) is 11.6 Å². The first-order valence-corrected chi connectivity index (χ1v) is 10.3. The number of carbonyl (C=O) groups excluding carboxylic acids is 1. The van der Waals surface area contributed by atoms with Crippen LogP contribution in [0.4, 0.5) is 0 Å². The molecule has 2 heterocycles. The van der Waals surface area contributed by atoms with E-state index in [0.717, 1.165) is 27.8 Å². The van der Waals surface area contributed by atoms with Crippen LogP contribution in [-0.4, -0.2) is 22.0 Å². The van der Waals surface area contributed by atoms with E-state index in [4.69, 9.17) is 0 Å². The van der Waals surface area contributed by atoms with Gasteiger partial charge in [0.05, 0.1) is 0 Å². The van der Waals surface area contributed by atoms with E-state index in [9.17, 15) is 10.1 Å². The van der Waals surface area contributed by atoms with Crippen LogP contribution in [0, 0.1) is 25.2 Å². The van der Waals surface area contributed by atoms with E-state index in [2.05, 4.69) is 42.3 Å². The summed E-state index contributed by atoms with van der Waals surface area (Å²) in [6, 6.07) is 20.1. The maximum Gasteiger partial charge on any atom is 0.262 e. The first-order valence-electron chi connectivity index (χ1n) is 10.3. The Kier molecular flexibility index (Phi) is 5.72. The summed E-state index contributed by atoms with van der Waals surface area (Å²) in [5.41, 5.74) is 6.50. The number of nitrogens with one attached hydrogen (secondary N) is 2. The van der Waals surface area contributed by atoms with Crippen LogP contribution in [0.2, 0.25) is 0 Å². The summed E-state index contributed by atoms with van der Waals surface area (Å²) in [5, 5.41) is 13.6. The molecule has 0 saturated carbocycles. The van der Waals surface area contributed by atoms with Crippen LogP contribution >= 0.6 is 0 Å². The number of aromatic nitrogens is 2. The number of aromatic amines is 1. The normalized spacial score (nSPS) is 11.5. The van der Waals surface area contributed by atoms with Crippen molar-refractivity contribution in [3.63, 3.8) is 0 Å². The molecule has 2 aromatic heterocycles. The number of carbonyl (C=O) groups is 1.